The molecule has 1 aliphatic rings. The molecule has 0 aliphatic heterocycles. The van der Waals surface area contributed by atoms with Crippen molar-refractivity contribution in [1.82, 2.24) is 0 Å². The first kappa shape index (κ1) is 11.3. The van der Waals surface area contributed by atoms with Crippen LogP contribution < -0.4 is 0 Å². The maximum absolute atomic E-state index is 4.08. The standard InChI is InChI=1S/C14H22/c1-13(2)14-11-9-7-5-3-4-6-8-10-12-14/h5-8,14H,1,3-4,9-12H2,2H3/b7-5+,8-6+. The van der Waals surface area contributed by atoms with Crippen molar-refractivity contribution in [2.45, 2.75) is 45.4 Å². The average Bonchev–Trinajstić information content (AvgIpc) is 2.21. The summed E-state index contributed by atoms with van der Waals surface area (Å²) in [5.41, 5.74) is 1.35. The van der Waals surface area contributed by atoms with Crippen LogP contribution >= 0.6 is 0 Å². The van der Waals surface area contributed by atoms with Gasteiger partial charge in [0.1, 0.15) is 0 Å². The Labute approximate surface area is 88.4 Å². The molecular weight excluding hydrogens is 168 g/mol. The van der Waals surface area contributed by atoms with Gasteiger partial charge in [-0.15, -0.1) is 0 Å². The van der Waals surface area contributed by atoms with Crippen LogP contribution in [0.25, 0.3) is 0 Å². The Morgan fingerprint density at radius 2 is 1.36 bits per heavy atom. The zero-order valence-electron chi connectivity index (χ0n) is 9.34. The molecule has 0 heteroatoms. The Balaban J connectivity index is 2.48. The Hall–Kier alpha value is -0.780. The fourth-order valence-corrected chi connectivity index (χ4v) is 1.90. The van der Waals surface area contributed by atoms with E-state index >= 15 is 0 Å². The van der Waals surface area contributed by atoms with Gasteiger partial charge < -0.3 is 0 Å². The lowest BCUT2D eigenvalue weighted by Crippen LogP contribution is -2.00. The lowest BCUT2D eigenvalue weighted by molar-refractivity contribution is 0.528. The third kappa shape index (κ3) is 4.45. The van der Waals surface area contributed by atoms with E-state index in [1.807, 2.05) is 0 Å². The van der Waals surface area contributed by atoms with E-state index in [4.69, 9.17) is 0 Å². The topological polar surface area (TPSA) is 0 Å². The van der Waals surface area contributed by atoms with E-state index in [-0.39, 0.29) is 0 Å². The summed E-state index contributed by atoms with van der Waals surface area (Å²) in [5, 5.41) is 0. The third-order valence-corrected chi connectivity index (χ3v) is 2.89. The van der Waals surface area contributed by atoms with Crippen LogP contribution in [0.3, 0.4) is 0 Å². The minimum atomic E-state index is 0.724. The molecule has 0 saturated heterocycles. The molecule has 0 aromatic carbocycles. The van der Waals surface area contributed by atoms with Gasteiger partial charge in [-0.1, -0.05) is 36.5 Å². The van der Waals surface area contributed by atoms with Crippen LogP contribution in [0.4, 0.5) is 0 Å². The summed E-state index contributed by atoms with van der Waals surface area (Å²) in [6.45, 7) is 6.24. The van der Waals surface area contributed by atoms with E-state index in [1.165, 1.54) is 44.1 Å². The van der Waals surface area contributed by atoms with Crippen molar-refractivity contribution in [3.05, 3.63) is 36.5 Å². The molecule has 0 saturated carbocycles. The van der Waals surface area contributed by atoms with Gasteiger partial charge in [0.05, 0.1) is 0 Å². The van der Waals surface area contributed by atoms with Crippen molar-refractivity contribution in [1.29, 1.82) is 0 Å². The van der Waals surface area contributed by atoms with Gasteiger partial charge in [-0.05, 0) is 51.4 Å². The molecule has 0 fully saturated rings. The summed E-state index contributed by atoms with van der Waals surface area (Å²) in [7, 11) is 0. The lowest BCUT2D eigenvalue weighted by Gasteiger charge is -2.14. The molecule has 0 radical (unpaired) electrons. The van der Waals surface area contributed by atoms with Gasteiger partial charge in [0, 0.05) is 0 Å². The van der Waals surface area contributed by atoms with Crippen LogP contribution in [0.15, 0.2) is 36.5 Å². The van der Waals surface area contributed by atoms with Crippen LogP contribution in [0, 0.1) is 5.92 Å². The van der Waals surface area contributed by atoms with Gasteiger partial charge >= 0.3 is 0 Å². The number of hydrogen-bond donors (Lipinski definition) is 0. The number of rotatable bonds is 1. The van der Waals surface area contributed by atoms with Gasteiger partial charge in [0.2, 0.25) is 0 Å². The summed E-state index contributed by atoms with van der Waals surface area (Å²) in [6, 6.07) is 0. The van der Waals surface area contributed by atoms with Gasteiger partial charge in [-0.3, -0.25) is 0 Å². The molecule has 0 unspecified atom stereocenters. The smallest absolute Gasteiger partial charge is 0.0203 e. The Bertz CT molecular complexity index is 202. The quantitative estimate of drug-likeness (QED) is 0.528. The van der Waals surface area contributed by atoms with Crippen LogP contribution in [0.1, 0.15) is 45.4 Å². The summed E-state index contributed by atoms with van der Waals surface area (Å²) >= 11 is 0. The Morgan fingerprint density at radius 1 is 0.929 bits per heavy atom. The van der Waals surface area contributed by atoms with Crippen molar-refractivity contribution in [2.24, 2.45) is 5.92 Å². The molecule has 0 heterocycles. The second-order valence-electron chi connectivity index (χ2n) is 4.22. The highest BCUT2D eigenvalue weighted by Gasteiger charge is 2.07. The van der Waals surface area contributed by atoms with Crippen molar-refractivity contribution < 1.29 is 0 Å². The van der Waals surface area contributed by atoms with Gasteiger partial charge in [-0.25, -0.2) is 0 Å². The minimum Gasteiger partial charge on any atom is -0.0999 e. The van der Waals surface area contributed by atoms with Crippen molar-refractivity contribution in [3.8, 4) is 0 Å². The molecule has 1 rings (SSSR count). The molecule has 0 aromatic rings. The second-order valence-corrected chi connectivity index (χ2v) is 4.22. The molecule has 1 aliphatic carbocycles. The minimum absolute atomic E-state index is 0.724. The van der Waals surface area contributed by atoms with Crippen LogP contribution in [-0.4, -0.2) is 0 Å². The van der Waals surface area contributed by atoms with Crippen LogP contribution in [-0.2, 0) is 0 Å². The summed E-state index contributed by atoms with van der Waals surface area (Å²) in [5.74, 6) is 0.724. The molecule has 0 bridgehead atoms. The summed E-state index contributed by atoms with van der Waals surface area (Å²) in [4.78, 5) is 0. The Morgan fingerprint density at radius 3 is 1.79 bits per heavy atom. The zero-order valence-corrected chi connectivity index (χ0v) is 9.34. The van der Waals surface area contributed by atoms with Crippen LogP contribution in [0.2, 0.25) is 0 Å². The highest BCUT2D eigenvalue weighted by Crippen LogP contribution is 2.22. The lowest BCUT2D eigenvalue weighted by atomic mass is 9.91. The number of allylic oxidation sites excluding steroid dienone is 5. The predicted molar refractivity (Wildman–Crippen MR) is 64.3 cm³/mol. The van der Waals surface area contributed by atoms with E-state index in [2.05, 4.69) is 37.8 Å². The fourth-order valence-electron chi connectivity index (χ4n) is 1.90. The maximum atomic E-state index is 4.08. The van der Waals surface area contributed by atoms with Crippen molar-refractivity contribution >= 4 is 0 Å². The molecule has 0 spiro atoms. The van der Waals surface area contributed by atoms with E-state index in [0.717, 1.165) is 5.92 Å². The molecule has 78 valence electrons. The molecule has 0 amide bonds. The zero-order chi connectivity index (χ0) is 10.2. The SMILES string of the molecule is C=C(C)C1CC/C=C/CC/C=C/CC1. The first-order valence-electron chi connectivity index (χ1n) is 5.76. The number of hydrogen-bond acceptors (Lipinski definition) is 0. The molecule has 0 N–H and O–H groups in total. The van der Waals surface area contributed by atoms with E-state index < -0.39 is 0 Å². The first-order chi connectivity index (χ1) is 6.80. The van der Waals surface area contributed by atoms with Gasteiger partial charge in [0.25, 0.3) is 0 Å². The van der Waals surface area contributed by atoms with Gasteiger partial charge in [0.15, 0.2) is 0 Å². The Kier molecular flexibility index (Phi) is 5.36. The molecule has 0 atom stereocenters. The molecule has 0 nitrogen and oxygen atoms in total. The highest BCUT2D eigenvalue weighted by atomic mass is 14.1. The predicted octanol–water partition coefficient (Wildman–Crippen LogP) is 4.65. The van der Waals surface area contributed by atoms with Crippen molar-refractivity contribution in [2.75, 3.05) is 0 Å². The first-order valence-corrected chi connectivity index (χ1v) is 5.76. The molecule has 14 heavy (non-hydrogen) atoms. The normalized spacial score (nSPS) is 24.9. The fraction of sp³-hybridized carbons (Fsp3) is 0.571. The second kappa shape index (κ2) is 6.64. The average molecular weight is 190 g/mol. The van der Waals surface area contributed by atoms with Crippen LogP contribution in [0.5, 0.6) is 0 Å². The monoisotopic (exact) mass is 190 g/mol. The summed E-state index contributed by atoms with van der Waals surface area (Å²) < 4.78 is 0. The van der Waals surface area contributed by atoms with Gasteiger partial charge in [-0.2, -0.15) is 0 Å². The highest BCUT2D eigenvalue weighted by molar-refractivity contribution is 4.99. The third-order valence-electron chi connectivity index (χ3n) is 2.89. The van der Waals surface area contributed by atoms with E-state index in [1.54, 1.807) is 0 Å². The van der Waals surface area contributed by atoms with Crippen molar-refractivity contribution in [3.63, 3.8) is 0 Å². The van der Waals surface area contributed by atoms with E-state index in [0.29, 0.717) is 0 Å². The summed E-state index contributed by atoms with van der Waals surface area (Å²) in [6.07, 6.45) is 16.7. The molecule has 0 aromatic heterocycles. The van der Waals surface area contributed by atoms with E-state index in [9.17, 15) is 0 Å². The maximum Gasteiger partial charge on any atom is -0.0203 e. The molecular formula is C14H22. The largest absolute Gasteiger partial charge is 0.0999 e.